The molecule has 5 rings (SSSR count). The van der Waals surface area contributed by atoms with Crippen molar-refractivity contribution in [2.45, 2.75) is 57.9 Å². The van der Waals surface area contributed by atoms with Crippen molar-refractivity contribution in [3.8, 4) is 5.69 Å². The molecule has 0 bridgehead atoms. The Labute approximate surface area is 153 Å². The van der Waals surface area contributed by atoms with Gasteiger partial charge >= 0.3 is 0 Å². The lowest BCUT2D eigenvalue weighted by Crippen LogP contribution is -2.07. The number of aromatic nitrogens is 6. The minimum absolute atomic E-state index is 0.461. The molecule has 134 valence electrons. The Hall–Kier alpha value is -2.50. The molecule has 2 fully saturated rings. The zero-order valence-electron chi connectivity index (χ0n) is 15.3. The van der Waals surface area contributed by atoms with Crippen LogP contribution in [0.1, 0.15) is 61.3 Å². The first-order chi connectivity index (χ1) is 12.8. The van der Waals surface area contributed by atoms with E-state index in [4.69, 9.17) is 0 Å². The highest BCUT2D eigenvalue weighted by Gasteiger charge is 2.43. The highest BCUT2D eigenvalue weighted by molar-refractivity contribution is 5.35. The zero-order valence-corrected chi connectivity index (χ0v) is 15.3. The quantitative estimate of drug-likeness (QED) is 0.685. The fourth-order valence-electron chi connectivity index (χ4n) is 4.03. The summed E-state index contributed by atoms with van der Waals surface area (Å²) in [5.41, 5.74) is 1.14. The second-order valence-corrected chi connectivity index (χ2v) is 7.58. The molecule has 3 aromatic rings. The minimum atomic E-state index is 0.461. The van der Waals surface area contributed by atoms with Crippen LogP contribution >= 0.6 is 0 Å². The van der Waals surface area contributed by atoms with Crippen molar-refractivity contribution in [2.75, 3.05) is 0 Å². The van der Waals surface area contributed by atoms with Gasteiger partial charge in [0.05, 0.1) is 0 Å². The van der Waals surface area contributed by atoms with Gasteiger partial charge in [-0.15, -0.1) is 20.4 Å². The monoisotopic (exact) mass is 348 g/mol. The Morgan fingerprint density at radius 1 is 1.00 bits per heavy atom. The van der Waals surface area contributed by atoms with Gasteiger partial charge in [0.25, 0.3) is 0 Å². The summed E-state index contributed by atoms with van der Waals surface area (Å²) in [5.74, 6) is 6.07. The number of aryl methyl sites for hydroxylation is 1. The summed E-state index contributed by atoms with van der Waals surface area (Å²) in [6, 6.07) is 10.4. The van der Waals surface area contributed by atoms with Crippen molar-refractivity contribution in [3.63, 3.8) is 0 Å². The Balaban J connectivity index is 1.37. The summed E-state index contributed by atoms with van der Waals surface area (Å²) >= 11 is 0. The first-order valence-corrected chi connectivity index (χ1v) is 9.65. The van der Waals surface area contributed by atoms with Crippen LogP contribution < -0.4 is 0 Å². The van der Waals surface area contributed by atoms with Gasteiger partial charge in [0, 0.05) is 30.5 Å². The number of para-hydroxylation sites is 1. The van der Waals surface area contributed by atoms with E-state index in [1.165, 1.54) is 18.7 Å². The summed E-state index contributed by atoms with van der Waals surface area (Å²) in [7, 11) is 0. The fraction of sp³-hybridized carbons (Fsp3) is 0.500. The molecule has 0 amide bonds. The molecule has 2 aromatic heterocycles. The van der Waals surface area contributed by atoms with Crippen LogP contribution in [-0.2, 0) is 13.0 Å². The maximum atomic E-state index is 4.51. The molecule has 2 aliphatic rings. The average molecular weight is 348 g/mol. The van der Waals surface area contributed by atoms with Gasteiger partial charge < -0.3 is 4.57 Å². The van der Waals surface area contributed by atoms with E-state index in [0.29, 0.717) is 17.8 Å². The summed E-state index contributed by atoms with van der Waals surface area (Å²) in [4.78, 5) is 0. The number of nitrogens with zero attached hydrogens (tertiary/aromatic N) is 6. The highest BCUT2D eigenvalue weighted by atomic mass is 15.3. The van der Waals surface area contributed by atoms with Crippen LogP contribution in [0.4, 0.5) is 0 Å². The third-order valence-corrected chi connectivity index (χ3v) is 5.68. The lowest BCUT2D eigenvalue weighted by Gasteiger charge is -2.09. The van der Waals surface area contributed by atoms with Gasteiger partial charge in [0.1, 0.15) is 23.3 Å². The standard InChI is InChI=1S/C20H24N6/c1-3-25-18(22-23-19(25)14-9-10-14)12-15-11-17(15)20-24-21-13(2)26(20)16-7-5-4-6-8-16/h4-8,14-15,17H,3,9-12H2,1-2H3. The molecule has 0 N–H and O–H groups in total. The zero-order chi connectivity index (χ0) is 17.7. The number of hydrogen-bond donors (Lipinski definition) is 0. The van der Waals surface area contributed by atoms with Crippen molar-refractivity contribution in [1.29, 1.82) is 0 Å². The van der Waals surface area contributed by atoms with Crippen LogP contribution in [-0.4, -0.2) is 29.5 Å². The second kappa shape index (κ2) is 6.04. The molecular weight excluding hydrogens is 324 g/mol. The second-order valence-electron chi connectivity index (χ2n) is 7.58. The molecule has 2 atom stereocenters. The molecule has 6 nitrogen and oxygen atoms in total. The lowest BCUT2D eigenvalue weighted by atomic mass is 10.2. The summed E-state index contributed by atoms with van der Waals surface area (Å²) in [6.45, 7) is 5.18. The smallest absolute Gasteiger partial charge is 0.141 e. The number of benzene rings is 1. The van der Waals surface area contributed by atoms with Crippen LogP contribution in [0.15, 0.2) is 30.3 Å². The summed E-state index contributed by atoms with van der Waals surface area (Å²) in [6.07, 6.45) is 4.67. The number of hydrogen-bond acceptors (Lipinski definition) is 4. The van der Waals surface area contributed by atoms with Gasteiger partial charge in [-0.25, -0.2) is 0 Å². The van der Waals surface area contributed by atoms with Crippen molar-refractivity contribution in [2.24, 2.45) is 5.92 Å². The first kappa shape index (κ1) is 15.7. The van der Waals surface area contributed by atoms with Crippen LogP contribution in [0, 0.1) is 12.8 Å². The van der Waals surface area contributed by atoms with Gasteiger partial charge in [0.15, 0.2) is 0 Å². The average Bonchev–Trinajstić information content (AvgIpc) is 3.57. The molecule has 26 heavy (non-hydrogen) atoms. The van der Waals surface area contributed by atoms with E-state index in [0.717, 1.165) is 42.5 Å². The maximum absolute atomic E-state index is 4.51. The van der Waals surface area contributed by atoms with Crippen LogP contribution in [0.2, 0.25) is 0 Å². The van der Waals surface area contributed by atoms with Crippen molar-refractivity contribution in [1.82, 2.24) is 29.5 Å². The van der Waals surface area contributed by atoms with Gasteiger partial charge in [0.2, 0.25) is 0 Å². The molecule has 6 heteroatoms. The molecule has 2 unspecified atom stereocenters. The Morgan fingerprint density at radius 3 is 2.50 bits per heavy atom. The lowest BCUT2D eigenvalue weighted by molar-refractivity contribution is 0.625. The molecular formula is C20H24N6. The van der Waals surface area contributed by atoms with Crippen LogP contribution in [0.25, 0.3) is 5.69 Å². The highest BCUT2D eigenvalue weighted by Crippen LogP contribution is 2.49. The van der Waals surface area contributed by atoms with E-state index in [1.54, 1.807) is 0 Å². The van der Waals surface area contributed by atoms with Gasteiger partial charge in [-0.3, -0.25) is 4.57 Å². The van der Waals surface area contributed by atoms with E-state index in [2.05, 4.69) is 60.7 Å². The van der Waals surface area contributed by atoms with Crippen LogP contribution in [0.5, 0.6) is 0 Å². The third kappa shape index (κ3) is 2.64. The van der Waals surface area contributed by atoms with E-state index in [1.807, 2.05) is 13.0 Å². The first-order valence-electron chi connectivity index (χ1n) is 9.65. The van der Waals surface area contributed by atoms with Crippen molar-refractivity contribution < 1.29 is 0 Å². The van der Waals surface area contributed by atoms with E-state index in [-0.39, 0.29) is 0 Å². The maximum Gasteiger partial charge on any atom is 0.141 e. The van der Waals surface area contributed by atoms with Gasteiger partial charge in [-0.05, 0) is 51.2 Å². The van der Waals surface area contributed by atoms with E-state index in [9.17, 15) is 0 Å². The predicted molar refractivity (Wildman–Crippen MR) is 98.3 cm³/mol. The molecule has 1 aromatic carbocycles. The third-order valence-electron chi connectivity index (χ3n) is 5.68. The van der Waals surface area contributed by atoms with Crippen molar-refractivity contribution in [3.05, 3.63) is 53.6 Å². The molecule has 2 aliphatic carbocycles. The van der Waals surface area contributed by atoms with Gasteiger partial charge in [-0.2, -0.15) is 0 Å². The SMILES string of the molecule is CCn1c(CC2CC2c2nnc(C)n2-c2ccccc2)nnc1C1CC1. The summed E-state index contributed by atoms with van der Waals surface area (Å²) < 4.78 is 4.53. The predicted octanol–water partition coefficient (Wildman–Crippen LogP) is 3.41. The normalized spacial score (nSPS) is 21.9. The summed E-state index contributed by atoms with van der Waals surface area (Å²) in [5, 5.41) is 17.8. The van der Waals surface area contributed by atoms with E-state index >= 15 is 0 Å². The molecule has 2 saturated carbocycles. The molecule has 0 saturated heterocycles. The minimum Gasteiger partial charge on any atom is -0.315 e. The van der Waals surface area contributed by atoms with Crippen LogP contribution in [0.3, 0.4) is 0 Å². The van der Waals surface area contributed by atoms with E-state index < -0.39 is 0 Å². The Morgan fingerprint density at radius 2 is 1.77 bits per heavy atom. The molecule has 0 aliphatic heterocycles. The largest absolute Gasteiger partial charge is 0.315 e. The Bertz CT molecular complexity index is 921. The molecule has 2 heterocycles. The molecule has 0 radical (unpaired) electrons. The topological polar surface area (TPSA) is 61.4 Å². The fourth-order valence-corrected chi connectivity index (χ4v) is 4.03. The Kier molecular flexibility index (Phi) is 3.65. The van der Waals surface area contributed by atoms with Crippen molar-refractivity contribution >= 4 is 0 Å². The molecule has 0 spiro atoms. The number of rotatable bonds is 6. The van der Waals surface area contributed by atoms with Gasteiger partial charge in [-0.1, -0.05) is 18.2 Å².